The van der Waals surface area contributed by atoms with Gasteiger partial charge in [-0.1, -0.05) is 312 Å². The van der Waals surface area contributed by atoms with Crippen molar-refractivity contribution in [2.45, 2.75) is 528 Å². The van der Waals surface area contributed by atoms with Crippen molar-refractivity contribution in [2.75, 3.05) is 0 Å². The van der Waals surface area contributed by atoms with Gasteiger partial charge in [-0.2, -0.15) is 0 Å². The number of nitrogens with zero attached hydrogens (tertiary/aromatic N) is 2. The van der Waals surface area contributed by atoms with Crippen molar-refractivity contribution in [3.05, 3.63) is 86.5 Å². The molecule has 0 saturated carbocycles. The second-order valence-electron chi connectivity index (χ2n) is 32.5. The van der Waals surface area contributed by atoms with Gasteiger partial charge in [0.2, 0.25) is 11.4 Å². The van der Waals surface area contributed by atoms with E-state index in [2.05, 4.69) is 91.8 Å². The minimum atomic E-state index is 1.03. The molecule has 1 aliphatic heterocycles. The Balaban J connectivity index is 0.000000705. The molecule has 0 amide bonds. The minimum Gasteiger partial charge on any atom is -0.493 e. The van der Waals surface area contributed by atoms with E-state index in [0.717, 1.165) is 62.8 Å². The summed E-state index contributed by atoms with van der Waals surface area (Å²) in [5.41, 5.74) is 26.1. The number of aryl methyl sites for hydroxylation is 4. The van der Waals surface area contributed by atoms with E-state index >= 15 is 0 Å². The van der Waals surface area contributed by atoms with Crippen LogP contribution < -0.4 is 0 Å². The summed E-state index contributed by atoms with van der Waals surface area (Å²) >= 11 is 2.05. The SMILES string of the molecule is CCCCCCCCCCCCCCCCCCCCC[CH2][Ni][CH2]CCCCCCCCCCCCCCCCCCCCC.CCCCCCCCc1cc(CCCCCCCC)cc(C2=C(CCCCCC)C(CCCC)=C(c3cc(CCCCCC)cc(CCCCCC)c3)[N+]2=[N-])c1. The molecule has 3 heteroatoms. The summed E-state index contributed by atoms with van der Waals surface area (Å²) in [5.74, 6) is 0. The van der Waals surface area contributed by atoms with Gasteiger partial charge in [0.1, 0.15) is 0 Å². The van der Waals surface area contributed by atoms with Gasteiger partial charge in [0.05, 0.1) is 0 Å². The number of unbranched alkanes of at least 4 members (excludes halogenated alkanes) is 58. The van der Waals surface area contributed by atoms with Gasteiger partial charge >= 0.3 is 166 Å². The predicted molar refractivity (Wildman–Crippen MR) is 454 cm³/mol. The van der Waals surface area contributed by atoms with E-state index in [-0.39, 0.29) is 0 Å². The fourth-order valence-corrected chi connectivity index (χ4v) is 17.1. The van der Waals surface area contributed by atoms with E-state index in [4.69, 9.17) is 0 Å². The maximum atomic E-state index is 12.8. The smallest absolute Gasteiger partial charge is 0.493 e. The van der Waals surface area contributed by atoms with Gasteiger partial charge in [-0.3, -0.25) is 0 Å². The first-order valence-corrected chi connectivity index (χ1v) is 48.0. The Morgan fingerprint density at radius 3 is 0.584 bits per heavy atom. The van der Waals surface area contributed by atoms with Crippen molar-refractivity contribution in [3.8, 4) is 0 Å². The maximum absolute atomic E-state index is 12.8. The fourth-order valence-electron chi connectivity index (χ4n) is 15.9. The van der Waals surface area contributed by atoms with Crippen molar-refractivity contribution in [1.29, 1.82) is 0 Å². The predicted octanol–water partition coefficient (Wildman–Crippen LogP) is 35.6. The third-order valence-electron chi connectivity index (χ3n) is 22.5. The van der Waals surface area contributed by atoms with Crippen LogP contribution in [0.15, 0.2) is 47.5 Å². The van der Waals surface area contributed by atoms with Gasteiger partial charge in [0.25, 0.3) is 0 Å². The van der Waals surface area contributed by atoms with Crippen LogP contribution in [-0.4, -0.2) is 4.70 Å². The van der Waals surface area contributed by atoms with Crippen LogP contribution in [0.1, 0.15) is 525 Å². The average Bonchev–Trinajstić information content (AvgIpc) is 1.61. The first-order chi connectivity index (χ1) is 49.9. The van der Waals surface area contributed by atoms with E-state index in [1.807, 2.05) is 14.4 Å². The Labute approximate surface area is 641 Å². The van der Waals surface area contributed by atoms with Crippen LogP contribution in [0.3, 0.4) is 0 Å². The molecule has 590 valence electrons. The third kappa shape index (κ3) is 53.5. The average molecular weight is 1440 g/mol. The van der Waals surface area contributed by atoms with Gasteiger partial charge in [-0.05, 0) is 124 Å². The molecule has 0 spiro atoms. The molecular weight excluding hydrogens is 1260 g/mol. The molecule has 0 N–H and O–H groups in total. The van der Waals surface area contributed by atoms with Crippen LogP contribution in [0.25, 0.3) is 16.9 Å². The topological polar surface area (TPSA) is 25.3 Å². The number of allylic oxidation sites excluding steroid dienone is 2. The molecule has 0 bridgehead atoms. The van der Waals surface area contributed by atoms with Crippen LogP contribution in [0.2, 0.25) is 10.8 Å². The van der Waals surface area contributed by atoms with Crippen molar-refractivity contribution < 1.29 is 19.1 Å². The van der Waals surface area contributed by atoms with Gasteiger partial charge in [-0.25, -0.2) is 4.70 Å². The van der Waals surface area contributed by atoms with Crippen LogP contribution in [0.4, 0.5) is 0 Å². The molecule has 0 saturated heterocycles. The zero-order valence-corrected chi connectivity index (χ0v) is 71.0. The normalized spacial score (nSPS) is 12.5. The molecule has 0 atom stereocenters. The Morgan fingerprint density at radius 2 is 0.366 bits per heavy atom. The number of rotatable bonds is 76. The summed E-state index contributed by atoms with van der Waals surface area (Å²) in [6, 6.07) is 14.9. The molecule has 0 aromatic heterocycles. The molecular formula is C98H178N2Ni. The first kappa shape index (κ1) is 95.1. The van der Waals surface area contributed by atoms with Gasteiger partial charge in [0, 0.05) is 22.3 Å². The molecule has 0 unspecified atom stereocenters. The van der Waals surface area contributed by atoms with E-state index in [9.17, 15) is 5.53 Å². The van der Waals surface area contributed by atoms with E-state index in [1.54, 1.807) is 4.70 Å². The standard InChI is InChI=1S/C54H88N2.2C22H45.Ni/c1-7-13-19-24-26-30-35-47-40-48(36-31-27-25-20-14-8-2)44-50(43-47)54-52(38-32-23-17-11-5)51(37-18-12-6)53(56(54)55)49-41-45(33-28-21-15-9-3)39-46(42-49)34-29-22-16-10-4;2*1-3-5-7-9-11-13-15-17-19-21-22-20-18-16-14-12-10-8-6-4-2;/h39-44H,7-38H2,1-6H3;2*1,3-22H2,2H3;. The molecule has 3 rings (SSSR count). The Bertz CT molecular complexity index is 2070. The Hall–Kier alpha value is -1.99. The second-order valence-corrected chi connectivity index (χ2v) is 34.0. The quantitative estimate of drug-likeness (QED) is 0.0358. The molecule has 1 aliphatic rings. The van der Waals surface area contributed by atoms with Crippen LogP contribution in [0, 0.1) is 0 Å². The van der Waals surface area contributed by atoms with Crippen molar-refractivity contribution in [2.24, 2.45) is 0 Å². The Morgan fingerprint density at radius 1 is 0.198 bits per heavy atom. The third-order valence-corrected chi connectivity index (χ3v) is 23.9. The molecule has 2 aromatic carbocycles. The van der Waals surface area contributed by atoms with Crippen LogP contribution >= 0.6 is 0 Å². The summed E-state index contributed by atoms with van der Waals surface area (Å²) in [4.78, 5) is 0. The van der Waals surface area contributed by atoms with Gasteiger partial charge in [-0.15, -0.1) is 0 Å². The van der Waals surface area contributed by atoms with Crippen molar-refractivity contribution in [3.63, 3.8) is 0 Å². The first-order valence-electron chi connectivity index (χ1n) is 46.6. The van der Waals surface area contributed by atoms with E-state index < -0.39 is 0 Å². The van der Waals surface area contributed by atoms with Crippen LogP contribution in [-0.2, 0) is 40.1 Å². The number of hydrogen-bond acceptors (Lipinski definition) is 0. The number of hydrogen-bond donors (Lipinski definition) is 0. The monoisotopic (exact) mass is 1440 g/mol. The summed E-state index contributed by atoms with van der Waals surface area (Å²) < 4.78 is 1.70. The summed E-state index contributed by atoms with van der Waals surface area (Å²) in [6.07, 6.45) is 99.3. The molecule has 1 heterocycles. The molecule has 0 radical (unpaired) electrons. The molecule has 2 nitrogen and oxygen atoms in total. The minimum absolute atomic E-state index is 1.03. The van der Waals surface area contributed by atoms with E-state index in [0.29, 0.717) is 0 Å². The summed E-state index contributed by atoms with van der Waals surface area (Å²) in [5, 5.41) is 2.87. The van der Waals surface area contributed by atoms with Crippen LogP contribution in [0.5, 0.6) is 0 Å². The van der Waals surface area contributed by atoms with Gasteiger partial charge < -0.3 is 5.53 Å². The number of benzene rings is 2. The summed E-state index contributed by atoms with van der Waals surface area (Å²) in [7, 11) is 0. The Kier molecular flexibility index (Phi) is 69.2. The van der Waals surface area contributed by atoms with E-state index in [1.165, 1.54) is 466 Å². The fraction of sp³-hybridized carbons (Fsp3) is 0.837. The van der Waals surface area contributed by atoms with Crippen molar-refractivity contribution in [1.82, 2.24) is 0 Å². The second kappa shape index (κ2) is 73.5. The zero-order valence-electron chi connectivity index (χ0n) is 70.0. The molecule has 101 heavy (non-hydrogen) atoms. The molecule has 0 aliphatic carbocycles. The molecule has 0 fully saturated rings. The summed E-state index contributed by atoms with van der Waals surface area (Å²) in [6.45, 7) is 18.5. The zero-order chi connectivity index (χ0) is 72.6. The van der Waals surface area contributed by atoms with Gasteiger partial charge in [0.15, 0.2) is 0 Å². The van der Waals surface area contributed by atoms with Crippen molar-refractivity contribution >= 4 is 11.4 Å². The molecule has 2 aromatic rings.